The largest absolute Gasteiger partial charge is 0.493 e. The third-order valence-corrected chi connectivity index (χ3v) is 3.90. The van der Waals surface area contributed by atoms with Crippen molar-refractivity contribution < 1.29 is 19.4 Å². The normalized spacial score (nSPS) is 19.3. The molecule has 1 aliphatic rings. The number of amides is 1. The molecule has 5 heteroatoms. The van der Waals surface area contributed by atoms with Crippen LogP contribution in [0.4, 0.5) is 4.79 Å². The minimum Gasteiger partial charge on any atom is -0.493 e. The van der Waals surface area contributed by atoms with E-state index in [4.69, 9.17) is 9.47 Å². The predicted octanol–water partition coefficient (Wildman–Crippen LogP) is 2.58. The van der Waals surface area contributed by atoms with Gasteiger partial charge in [0.25, 0.3) is 0 Å². The number of para-hydroxylation sites is 1. The summed E-state index contributed by atoms with van der Waals surface area (Å²) in [6.07, 6.45) is -0.130. The number of benzene rings is 2. The maximum absolute atomic E-state index is 11.8. The Hall–Kier alpha value is -2.53. The molecule has 0 saturated heterocycles. The molecule has 2 aromatic carbocycles. The molecule has 2 aromatic rings. The highest BCUT2D eigenvalue weighted by molar-refractivity contribution is 5.67. The van der Waals surface area contributed by atoms with Gasteiger partial charge in [-0.2, -0.15) is 0 Å². The molecular weight excluding hydrogens is 294 g/mol. The lowest BCUT2D eigenvalue weighted by Crippen LogP contribution is -2.44. The molecule has 1 unspecified atom stereocenters. The molecule has 23 heavy (non-hydrogen) atoms. The molecule has 1 heterocycles. The Labute approximate surface area is 134 Å². The van der Waals surface area contributed by atoms with Gasteiger partial charge in [0.1, 0.15) is 18.0 Å². The summed E-state index contributed by atoms with van der Waals surface area (Å²) in [4.78, 5) is 11.8. The number of carbonyl (C=O) groups excluding carboxylic acids is 1. The fourth-order valence-corrected chi connectivity index (χ4v) is 2.62. The number of aliphatic hydroxyl groups is 1. The second kappa shape index (κ2) is 6.71. The third kappa shape index (κ3) is 3.63. The summed E-state index contributed by atoms with van der Waals surface area (Å²) in [5, 5.41) is 13.4. The summed E-state index contributed by atoms with van der Waals surface area (Å²) in [6.45, 7) is 0.694. The average Bonchev–Trinajstić information content (AvgIpc) is 2.60. The quantitative estimate of drug-likeness (QED) is 0.910. The summed E-state index contributed by atoms with van der Waals surface area (Å²) in [5.74, 6) is 0.653. The van der Waals surface area contributed by atoms with Gasteiger partial charge in [-0.3, -0.25) is 0 Å². The van der Waals surface area contributed by atoms with Crippen molar-refractivity contribution in [3.63, 3.8) is 0 Å². The fourth-order valence-electron chi connectivity index (χ4n) is 2.62. The second-order valence-corrected chi connectivity index (χ2v) is 5.54. The van der Waals surface area contributed by atoms with Crippen LogP contribution in [-0.2, 0) is 16.9 Å². The van der Waals surface area contributed by atoms with Gasteiger partial charge in [0.05, 0.1) is 13.2 Å². The Morgan fingerprint density at radius 3 is 2.74 bits per heavy atom. The lowest BCUT2D eigenvalue weighted by molar-refractivity contribution is -0.00269. The van der Waals surface area contributed by atoms with Crippen molar-refractivity contribution in [1.29, 1.82) is 0 Å². The molecule has 5 nitrogen and oxygen atoms in total. The molecule has 0 aromatic heterocycles. The van der Waals surface area contributed by atoms with E-state index in [1.165, 1.54) is 0 Å². The zero-order chi connectivity index (χ0) is 16.1. The first-order chi connectivity index (χ1) is 11.2. The van der Waals surface area contributed by atoms with Crippen LogP contribution in [0.2, 0.25) is 0 Å². The van der Waals surface area contributed by atoms with E-state index in [1.807, 2.05) is 54.6 Å². The van der Waals surface area contributed by atoms with Crippen molar-refractivity contribution in [1.82, 2.24) is 5.32 Å². The summed E-state index contributed by atoms with van der Waals surface area (Å²) >= 11 is 0. The Balaban J connectivity index is 1.57. The van der Waals surface area contributed by atoms with Gasteiger partial charge in [0.15, 0.2) is 0 Å². The molecule has 0 bridgehead atoms. The first kappa shape index (κ1) is 15.4. The van der Waals surface area contributed by atoms with Gasteiger partial charge < -0.3 is 19.9 Å². The van der Waals surface area contributed by atoms with E-state index in [-0.39, 0.29) is 13.2 Å². The molecule has 0 saturated carbocycles. The third-order valence-electron chi connectivity index (χ3n) is 3.90. The topological polar surface area (TPSA) is 67.8 Å². The molecule has 1 amide bonds. The van der Waals surface area contributed by atoms with Gasteiger partial charge in [-0.25, -0.2) is 4.79 Å². The maximum atomic E-state index is 11.8. The van der Waals surface area contributed by atoms with Crippen LogP contribution in [0.25, 0.3) is 0 Å². The van der Waals surface area contributed by atoms with Crippen LogP contribution in [0, 0.1) is 0 Å². The van der Waals surface area contributed by atoms with Gasteiger partial charge in [0, 0.05) is 12.0 Å². The van der Waals surface area contributed by atoms with Crippen LogP contribution in [0.5, 0.6) is 5.75 Å². The predicted molar refractivity (Wildman–Crippen MR) is 85.1 cm³/mol. The highest BCUT2D eigenvalue weighted by Gasteiger charge is 2.35. The minimum absolute atomic E-state index is 0.0843. The Bertz CT molecular complexity index is 674. The number of ether oxygens (including phenoxy) is 2. The van der Waals surface area contributed by atoms with Crippen molar-refractivity contribution in [3.8, 4) is 5.75 Å². The Morgan fingerprint density at radius 2 is 1.91 bits per heavy atom. The van der Waals surface area contributed by atoms with Crippen molar-refractivity contribution in [3.05, 3.63) is 65.7 Å². The molecule has 2 N–H and O–H groups in total. The molecule has 1 aliphatic heterocycles. The zero-order valence-corrected chi connectivity index (χ0v) is 12.7. The summed E-state index contributed by atoms with van der Waals surface area (Å²) < 4.78 is 10.7. The van der Waals surface area contributed by atoms with E-state index in [1.54, 1.807) is 0 Å². The standard InChI is InChI=1S/C18H19NO4/c20-17(23-12-14-6-2-1-3-7-14)19-13-18(21)10-11-22-16-9-5-4-8-15(16)18/h1-9,21H,10-13H2,(H,19,20). The number of hydrogen-bond acceptors (Lipinski definition) is 4. The van der Waals surface area contributed by atoms with Crippen molar-refractivity contribution in [2.24, 2.45) is 0 Å². The smallest absolute Gasteiger partial charge is 0.407 e. The van der Waals surface area contributed by atoms with E-state index >= 15 is 0 Å². The average molecular weight is 313 g/mol. The zero-order valence-electron chi connectivity index (χ0n) is 12.7. The van der Waals surface area contributed by atoms with E-state index in [0.29, 0.717) is 24.3 Å². The minimum atomic E-state index is -1.14. The Kier molecular flexibility index (Phi) is 4.48. The van der Waals surface area contributed by atoms with Gasteiger partial charge in [-0.1, -0.05) is 48.5 Å². The van der Waals surface area contributed by atoms with E-state index in [2.05, 4.69) is 5.32 Å². The molecule has 0 radical (unpaired) electrons. The monoisotopic (exact) mass is 313 g/mol. The maximum Gasteiger partial charge on any atom is 0.407 e. The van der Waals surface area contributed by atoms with Gasteiger partial charge >= 0.3 is 6.09 Å². The van der Waals surface area contributed by atoms with Crippen molar-refractivity contribution in [2.45, 2.75) is 18.6 Å². The van der Waals surface area contributed by atoms with Crippen LogP contribution in [0.1, 0.15) is 17.5 Å². The van der Waals surface area contributed by atoms with Crippen LogP contribution in [0.15, 0.2) is 54.6 Å². The number of rotatable bonds is 4. The summed E-state index contributed by atoms with van der Waals surface area (Å²) in [6, 6.07) is 16.8. The highest BCUT2D eigenvalue weighted by atomic mass is 16.5. The number of nitrogens with one attached hydrogen (secondary N) is 1. The van der Waals surface area contributed by atoms with Gasteiger partial charge in [-0.05, 0) is 11.6 Å². The van der Waals surface area contributed by atoms with Gasteiger partial charge in [0.2, 0.25) is 0 Å². The SMILES string of the molecule is O=C(NCC1(O)CCOc2ccccc21)OCc1ccccc1. The summed E-state index contributed by atoms with van der Waals surface area (Å²) in [5.41, 5.74) is 0.466. The highest BCUT2D eigenvalue weighted by Crippen LogP contribution is 2.36. The van der Waals surface area contributed by atoms with E-state index in [9.17, 15) is 9.90 Å². The first-order valence-corrected chi connectivity index (χ1v) is 7.57. The van der Waals surface area contributed by atoms with Crippen LogP contribution in [-0.4, -0.2) is 24.4 Å². The fraction of sp³-hybridized carbons (Fsp3) is 0.278. The molecule has 0 spiro atoms. The number of hydrogen-bond donors (Lipinski definition) is 2. The van der Waals surface area contributed by atoms with Gasteiger partial charge in [-0.15, -0.1) is 0 Å². The molecule has 120 valence electrons. The Morgan fingerprint density at radius 1 is 1.17 bits per heavy atom. The first-order valence-electron chi connectivity index (χ1n) is 7.57. The summed E-state index contributed by atoms with van der Waals surface area (Å²) in [7, 11) is 0. The number of alkyl carbamates (subject to hydrolysis) is 1. The second-order valence-electron chi connectivity index (χ2n) is 5.54. The van der Waals surface area contributed by atoms with Crippen molar-refractivity contribution in [2.75, 3.05) is 13.2 Å². The van der Waals surface area contributed by atoms with Crippen molar-refractivity contribution >= 4 is 6.09 Å². The molecule has 3 rings (SSSR count). The van der Waals surface area contributed by atoms with Crippen LogP contribution < -0.4 is 10.1 Å². The van der Waals surface area contributed by atoms with Crippen LogP contribution in [0.3, 0.4) is 0 Å². The van der Waals surface area contributed by atoms with Crippen LogP contribution >= 0.6 is 0 Å². The molecule has 0 fully saturated rings. The van der Waals surface area contributed by atoms with E-state index < -0.39 is 11.7 Å². The molecule has 1 atom stereocenters. The lowest BCUT2D eigenvalue weighted by Gasteiger charge is -2.34. The number of fused-ring (bicyclic) bond motifs is 1. The molecular formula is C18H19NO4. The molecule has 0 aliphatic carbocycles. The number of carbonyl (C=O) groups is 1. The lowest BCUT2D eigenvalue weighted by atomic mass is 9.88. The van der Waals surface area contributed by atoms with E-state index in [0.717, 1.165) is 5.56 Å².